The average molecular weight is 222 g/mol. The summed E-state index contributed by atoms with van der Waals surface area (Å²) in [7, 11) is 1.88. The Morgan fingerprint density at radius 3 is 2.69 bits per heavy atom. The number of hydrogen-bond donors (Lipinski definition) is 1. The van der Waals surface area contributed by atoms with Gasteiger partial charge >= 0.3 is 0 Å². The summed E-state index contributed by atoms with van der Waals surface area (Å²) in [5.74, 6) is 0. The van der Waals surface area contributed by atoms with E-state index >= 15 is 0 Å². The van der Waals surface area contributed by atoms with E-state index in [9.17, 15) is 10.1 Å². The molecule has 0 aliphatic carbocycles. The summed E-state index contributed by atoms with van der Waals surface area (Å²) in [4.78, 5) is 10.6. The summed E-state index contributed by atoms with van der Waals surface area (Å²) >= 11 is 0. The molecule has 0 fully saturated rings. The van der Waals surface area contributed by atoms with E-state index in [0.717, 1.165) is 17.5 Å². The lowest BCUT2D eigenvalue weighted by molar-refractivity contribution is -0.385. The fraction of sp³-hybridized carbons (Fsp3) is 0.500. The van der Waals surface area contributed by atoms with Crippen LogP contribution >= 0.6 is 0 Å². The molecule has 1 atom stereocenters. The maximum absolute atomic E-state index is 10.9. The molecule has 0 saturated carbocycles. The van der Waals surface area contributed by atoms with Gasteiger partial charge in [-0.2, -0.15) is 0 Å². The van der Waals surface area contributed by atoms with Gasteiger partial charge in [0.05, 0.1) is 4.92 Å². The highest BCUT2D eigenvalue weighted by atomic mass is 16.6. The minimum atomic E-state index is -0.308. The zero-order valence-corrected chi connectivity index (χ0v) is 9.99. The molecule has 1 aromatic carbocycles. The Hall–Kier alpha value is -1.42. The van der Waals surface area contributed by atoms with Gasteiger partial charge in [0.1, 0.15) is 0 Å². The fourth-order valence-corrected chi connectivity index (χ4v) is 1.77. The highest BCUT2D eigenvalue weighted by Crippen LogP contribution is 2.21. The van der Waals surface area contributed by atoms with Gasteiger partial charge in [0.2, 0.25) is 0 Å². The third-order valence-corrected chi connectivity index (χ3v) is 2.80. The lowest BCUT2D eigenvalue weighted by Gasteiger charge is -2.14. The van der Waals surface area contributed by atoms with Crippen LogP contribution in [0.15, 0.2) is 18.2 Å². The Balaban J connectivity index is 3.00. The van der Waals surface area contributed by atoms with Crippen LogP contribution in [0.3, 0.4) is 0 Å². The quantitative estimate of drug-likeness (QED) is 0.615. The van der Waals surface area contributed by atoms with Crippen molar-refractivity contribution in [2.45, 2.75) is 32.7 Å². The van der Waals surface area contributed by atoms with Gasteiger partial charge in [-0.15, -0.1) is 0 Å². The van der Waals surface area contributed by atoms with Crippen LogP contribution in [-0.4, -0.2) is 18.0 Å². The molecule has 0 radical (unpaired) electrons. The standard InChI is InChI=1S/C12H18N2O2/c1-4-11(13-3)8-10-7-9(2)5-6-12(10)14(15)16/h5-7,11,13H,4,8H2,1-3H3. The number of nitrogens with zero attached hydrogens (tertiary/aromatic N) is 1. The third-order valence-electron chi connectivity index (χ3n) is 2.80. The SMILES string of the molecule is CCC(Cc1cc(C)ccc1[N+](=O)[O-])NC. The molecule has 0 bridgehead atoms. The molecule has 1 N–H and O–H groups in total. The number of nitro benzene ring substituents is 1. The molecule has 0 aromatic heterocycles. The second-order valence-electron chi connectivity index (χ2n) is 3.99. The predicted octanol–water partition coefficient (Wildman–Crippen LogP) is 2.44. The van der Waals surface area contributed by atoms with Crippen LogP contribution in [0.25, 0.3) is 0 Å². The van der Waals surface area contributed by atoms with Crippen molar-refractivity contribution >= 4 is 5.69 Å². The second kappa shape index (κ2) is 5.61. The number of likely N-dealkylation sites (N-methyl/N-ethyl adjacent to an activating group) is 1. The van der Waals surface area contributed by atoms with Crippen molar-refractivity contribution < 1.29 is 4.92 Å². The zero-order valence-electron chi connectivity index (χ0n) is 9.99. The summed E-state index contributed by atoms with van der Waals surface area (Å²) in [5.41, 5.74) is 2.09. The Kier molecular flexibility index (Phi) is 4.43. The van der Waals surface area contributed by atoms with E-state index in [1.807, 2.05) is 20.0 Å². The molecule has 0 aliphatic heterocycles. The molecule has 16 heavy (non-hydrogen) atoms. The monoisotopic (exact) mass is 222 g/mol. The predicted molar refractivity (Wildman–Crippen MR) is 64.7 cm³/mol. The Labute approximate surface area is 95.8 Å². The van der Waals surface area contributed by atoms with E-state index < -0.39 is 0 Å². The van der Waals surface area contributed by atoms with Crippen molar-refractivity contribution in [2.75, 3.05) is 7.05 Å². The van der Waals surface area contributed by atoms with Gasteiger partial charge in [0.15, 0.2) is 0 Å². The van der Waals surface area contributed by atoms with E-state index in [4.69, 9.17) is 0 Å². The molecule has 4 heteroatoms. The largest absolute Gasteiger partial charge is 0.317 e. The summed E-state index contributed by atoms with van der Waals surface area (Å²) in [6, 6.07) is 5.56. The lowest BCUT2D eigenvalue weighted by Crippen LogP contribution is -2.26. The Morgan fingerprint density at radius 2 is 2.19 bits per heavy atom. The first-order valence-corrected chi connectivity index (χ1v) is 5.49. The summed E-state index contributed by atoms with van der Waals surface area (Å²) < 4.78 is 0. The van der Waals surface area contributed by atoms with E-state index in [-0.39, 0.29) is 10.6 Å². The number of hydrogen-bond acceptors (Lipinski definition) is 3. The minimum Gasteiger partial charge on any atom is -0.317 e. The van der Waals surface area contributed by atoms with Crippen molar-refractivity contribution in [3.05, 3.63) is 39.4 Å². The van der Waals surface area contributed by atoms with E-state index in [2.05, 4.69) is 12.2 Å². The van der Waals surface area contributed by atoms with Crippen LogP contribution in [0.4, 0.5) is 5.69 Å². The molecule has 1 unspecified atom stereocenters. The number of aryl methyl sites for hydroxylation is 1. The van der Waals surface area contributed by atoms with Gasteiger partial charge in [-0.3, -0.25) is 10.1 Å². The molecule has 88 valence electrons. The second-order valence-corrected chi connectivity index (χ2v) is 3.99. The van der Waals surface area contributed by atoms with Crippen molar-refractivity contribution in [3.63, 3.8) is 0 Å². The molecule has 0 heterocycles. The smallest absolute Gasteiger partial charge is 0.272 e. The van der Waals surface area contributed by atoms with Crippen LogP contribution in [-0.2, 0) is 6.42 Å². The van der Waals surface area contributed by atoms with Gasteiger partial charge in [-0.1, -0.05) is 18.6 Å². The lowest BCUT2D eigenvalue weighted by atomic mass is 10.0. The normalized spacial score (nSPS) is 12.4. The first kappa shape index (κ1) is 12.6. The van der Waals surface area contributed by atoms with Crippen LogP contribution in [0.5, 0.6) is 0 Å². The van der Waals surface area contributed by atoms with Crippen LogP contribution in [0.2, 0.25) is 0 Å². The molecule has 1 aromatic rings. The number of rotatable bonds is 5. The molecule has 1 rings (SSSR count). The van der Waals surface area contributed by atoms with Gasteiger partial charge < -0.3 is 5.32 Å². The minimum absolute atomic E-state index is 0.222. The molecule has 0 saturated heterocycles. The van der Waals surface area contributed by atoms with Crippen LogP contribution < -0.4 is 5.32 Å². The number of nitrogens with one attached hydrogen (secondary N) is 1. The highest BCUT2D eigenvalue weighted by molar-refractivity contribution is 5.43. The van der Waals surface area contributed by atoms with E-state index in [1.54, 1.807) is 12.1 Å². The Morgan fingerprint density at radius 1 is 1.50 bits per heavy atom. The van der Waals surface area contributed by atoms with Gasteiger partial charge in [-0.05, 0) is 32.9 Å². The summed E-state index contributed by atoms with van der Waals surface area (Å²) in [5, 5.41) is 14.0. The first-order valence-electron chi connectivity index (χ1n) is 5.49. The van der Waals surface area contributed by atoms with Crippen LogP contribution in [0.1, 0.15) is 24.5 Å². The van der Waals surface area contributed by atoms with E-state index in [0.29, 0.717) is 12.5 Å². The molecule has 0 amide bonds. The molecular weight excluding hydrogens is 204 g/mol. The average Bonchev–Trinajstić information content (AvgIpc) is 2.25. The summed E-state index contributed by atoms with van der Waals surface area (Å²) in [6.07, 6.45) is 1.66. The van der Waals surface area contributed by atoms with Crippen molar-refractivity contribution in [3.8, 4) is 0 Å². The number of benzene rings is 1. The topological polar surface area (TPSA) is 55.2 Å². The van der Waals surface area contributed by atoms with Gasteiger partial charge in [-0.25, -0.2) is 0 Å². The van der Waals surface area contributed by atoms with Crippen molar-refractivity contribution in [1.29, 1.82) is 0 Å². The zero-order chi connectivity index (χ0) is 12.1. The third kappa shape index (κ3) is 3.03. The maximum Gasteiger partial charge on any atom is 0.272 e. The maximum atomic E-state index is 10.9. The fourth-order valence-electron chi connectivity index (χ4n) is 1.77. The molecule has 4 nitrogen and oxygen atoms in total. The van der Waals surface area contributed by atoms with Crippen molar-refractivity contribution in [2.24, 2.45) is 0 Å². The van der Waals surface area contributed by atoms with Crippen LogP contribution in [0, 0.1) is 17.0 Å². The first-order chi connectivity index (χ1) is 7.58. The Bertz CT molecular complexity index is 373. The summed E-state index contributed by atoms with van der Waals surface area (Å²) in [6.45, 7) is 4.02. The van der Waals surface area contributed by atoms with Gasteiger partial charge in [0.25, 0.3) is 5.69 Å². The van der Waals surface area contributed by atoms with E-state index in [1.165, 1.54) is 0 Å². The highest BCUT2D eigenvalue weighted by Gasteiger charge is 2.16. The number of nitro groups is 1. The molecule has 0 aliphatic rings. The van der Waals surface area contributed by atoms with Gasteiger partial charge in [0, 0.05) is 17.7 Å². The molecular formula is C12H18N2O2. The van der Waals surface area contributed by atoms with Crippen molar-refractivity contribution in [1.82, 2.24) is 5.32 Å². The molecule has 0 spiro atoms.